The zero-order valence-corrected chi connectivity index (χ0v) is 48.8. The molecule has 4 unspecified atom stereocenters. The largest absolute Gasteiger partial charge is 0.492 e. The first kappa shape index (κ1) is 52.2. The zero-order valence-electron chi connectivity index (χ0n) is 48.8. The third kappa shape index (κ3) is 7.22. The second kappa shape index (κ2) is 15.9. The van der Waals surface area contributed by atoms with E-state index in [-0.39, 0.29) is 58.9 Å². The lowest BCUT2D eigenvalue weighted by Gasteiger charge is -2.57. The van der Waals surface area contributed by atoms with Crippen molar-refractivity contribution in [3.8, 4) is 46.0 Å². The Bertz CT molecular complexity index is 3040. The van der Waals surface area contributed by atoms with E-state index in [1.165, 1.54) is 0 Å². The molecule has 10 heteroatoms. The number of fused-ring (bicyclic) bond motifs is 6. The van der Waals surface area contributed by atoms with Gasteiger partial charge in [0.1, 0.15) is 11.5 Å². The van der Waals surface area contributed by atoms with Gasteiger partial charge in [-0.3, -0.25) is 9.59 Å². The minimum absolute atomic E-state index is 0.157. The molecular formula is C66H80O10. The average Bonchev–Trinajstić information content (AvgIpc) is 4.08. The van der Waals surface area contributed by atoms with Crippen LogP contribution < -0.4 is 37.9 Å². The van der Waals surface area contributed by atoms with Gasteiger partial charge in [-0.05, 0) is 79.3 Å². The van der Waals surface area contributed by atoms with Crippen molar-refractivity contribution < 1.29 is 47.5 Å². The molecule has 2 aliphatic carbocycles. The van der Waals surface area contributed by atoms with Crippen LogP contribution in [0, 0.1) is 10.8 Å². The van der Waals surface area contributed by atoms with Crippen LogP contribution in [0.5, 0.6) is 46.0 Å². The molecule has 2 spiro atoms. The number of ether oxygens (including phenoxy) is 8. The number of rotatable bonds is 2. The number of benzene rings is 4. The van der Waals surface area contributed by atoms with Crippen molar-refractivity contribution in [3.63, 3.8) is 0 Å². The van der Waals surface area contributed by atoms with Crippen LogP contribution in [0.1, 0.15) is 169 Å². The molecule has 0 saturated carbocycles. The first-order valence-corrected chi connectivity index (χ1v) is 27.4. The van der Waals surface area contributed by atoms with E-state index in [1.807, 2.05) is 24.3 Å². The van der Waals surface area contributed by atoms with E-state index in [0.717, 1.165) is 44.5 Å². The number of carbonyl (C=O) groups is 2. The summed E-state index contributed by atoms with van der Waals surface area (Å²) in [5, 5.41) is 0. The van der Waals surface area contributed by atoms with Crippen molar-refractivity contribution in [3.05, 3.63) is 116 Å². The van der Waals surface area contributed by atoms with Crippen LogP contribution in [0.2, 0.25) is 0 Å². The highest BCUT2D eigenvalue weighted by Gasteiger charge is 2.73. The molecule has 4 aromatic carbocycles. The van der Waals surface area contributed by atoms with Crippen LogP contribution in [0.4, 0.5) is 0 Å². The SMILES string of the molecule is COc1c(C(C)(C)C)ccc2c1OC1C(C(C)(C)C)(C=C3Cc4cc(C(C)(C)C)cc5c4O[C@]4(C5)C(=O)C(=CC5(C(C)(C)C)Oc6ccc(C(C)(C)C)c(OC)c6OC54)Cc4cc(C(C)(C)C)cc5c4O[C@@]1(C5)C3=O)O2. The molecule has 5 aliphatic heterocycles. The molecule has 0 fully saturated rings. The third-order valence-electron chi connectivity index (χ3n) is 17.8. The van der Waals surface area contributed by atoms with E-state index >= 15 is 9.59 Å². The van der Waals surface area contributed by atoms with Gasteiger partial charge in [0.15, 0.2) is 46.4 Å². The first-order valence-electron chi connectivity index (χ1n) is 27.4. The third-order valence-corrected chi connectivity index (χ3v) is 17.8. The molecule has 6 bridgehead atoms. The fourth-order valence-electron chi connectivity index (χ4n) is 13.4. The summed E-state index contributed by atoms with van der Waals surface area (Å²) in [5.74, 6) is 3.83. The first-order chi connectivity index (χ1) is 35.0. The summed E-state index contributed by atoms with van der Waals surface area (Å²) in [5.41, 5.74) is -0.0215. The van der Waals surface area contributed by atoms with Crippen molar-refractivity contribution in [2.75, 3.05) is 14.2 Å². The van der Waals surface area contributed by atoms with Gasteiger partial charge in [-0.2, -0.15) is 0 Å². The summed E-state index contributed by atoms with van der Waals surface area (Å²) in [4.78, 5) is 33.1. The summed E-state index contributed by atoms with van der Waals surface area (Å²) in [6, 6.07) is 16.8. The zero-order chi connectivity index (χ0) is 55.3. The van der Waals surface area contributed by atoms with E-state index in [0.29, 0.717) is 57.1 Å². The van der Waals surface area contributed by atoms with Crippen LogP contribution in [0.15, 0.2) is 71.8 Å². The predicted molar refractivity (Wildman–Crippen MR) is 296 cm³/mol. The Morgan fingerprint density at radius 2 is 0.789 bits per heavy atom. The average molecular weight is 1030 g/mol. The second-order valence-corrected chi connectivity index (χ2v) is 29.2. The summed E-state index contributed by atoms with van der Waals surface area (Å²) in [7, 11) is 3.31. The number of ketones is 2. The van der Waals surface area contributed by atoms with E-state index in [9.17, 15) is 0 Å². The van der Waals surface area contributed by atoms with Gasteiger partial charge in [0.25, 0.3) is 0 Å². The van der Waals surface area contributed by atoms with Crippen LogP contribution >= 0.6 is 0 Å². The summed E-state index contributed by atoms with van der Waals surface area (Å²) in [6.45, 7) is 38.8. The number of methoxy groups -OCH3 is 2. The predicted octanol–water partition coefficient (Wildman–Crippen LogP) is 13.3. The van der Waals surface area contributed by atoms with Gasteiger partial charge in [-0.1, -0.05) is 161 Å². The lowest BCUT2D eigenvalue weighted by Crippen LogP contribution is -2.74. The van der Waals surface area contributed by atoms with Gasteiger partial charge in [-0.25, -0.2) is 0 Å². The van der Waals surface area contributed by atoms with E-state index in [2.05, 4.69) is 161 Å². The lowest BCUT2D eigenvalue weighted by atomic mass is 9.60. The maximum atomic E-state index is 16.5. The Balaban J connectivity index is 1.23. The summed E-state index contributed by atoms with van der Waals surface area (Å²) < 4.78 is 57.9. The minimum Gasteiger partial charge on any atom is -0.492 e. The molecule has 6 atom stereocenters. The van der Waals surface area contributed by atoms with Crippen molar-refractivity contribution in [2.24, 2.45) is 10.8 Å². The molecule has 7 aliphatic rings. The molecule has 10 nitrogen and oxygen atoms in total. The van der Waals surface area contributed by atoms with Gasteiger partial charge in [-0.15, -0.1) is 0 Å². The fourth-order valence-corrected chi connectivity index (χ4v) is 13.4. The van der Waals surface area contributed by atoms with Crippen molar-refractivity contribution in [1.29, 1.82) is 0 Å². The molecular weight excluding hydrogens is 953 g/mol. The molecule has 0 saturated heterocycles. The highest BCUT2D eigenvalue weighted by Crippen LogP contribution is 2.63. The topological polar surface area (TPSA) is 108 Å². The van der Waals surface area contributed by atoms with Crippen molar-refractivity contribution in [2.45, 2.75) is 207 Å². The normalized spacial score (nSPS) is 27.3. The number of Topliss-reactive ketones (excluding diaryl/α,β-unsaturated/α-hetero) is 2. The van der Waals surface area contributed by atoms with Gasteiger partial charge in [0.2, 0.25) is 34.3 Å². The lowest BCUT2D eigenvalue weighted by molar-refractivity contribution is -0.181. The highest BCUT2D eigenvalue weighted by atomic mass is 16.6. The van der Waals surface area contributed by atoms with E-state index < -0.39 is 45.4 Å². The number of carbonyl (C=O) groups excluding carboxylic acids is 2. The summed E-state index contributed by atoms with van der Waals surface area (Å²) in [6.07, 6.45) is 2.80. The monoisotopic (exact) mass is 1030 g/mol. The molecule has 0 aromatic heterocycles. The van der Waals surface area contributed by atoms with Crippen molar-refractivity contribution >= 4 is 11.6 Å². The Morgan fingerprint density at radius 3 is 1.09 bits per heavy atom. The molecule has 0 amide bonds. The minimum atomic E-state index is -1.62. The maximum absolute atomic E-state index is 16.5. The molecule has 404 valence electrons. The van der Waals surface area contributed by atoms with Crippen LogP contribution in [0.3, 0.4) is 0 Å². The van der Waals surface area contributed by atoms with E-state index in [4.69, 9.17) is 37.9 Å². The Morgan fingerprint density at radius 1 is 0.447 bits per heavy atom. The van der Waals surface area contributed by atoms with Gasteiger partial charge < -0.3 is 37.9 Å². The van der Waals surface area contributed by atoms with Crippen LogP contribution in [0.25, 0.3) is 0 Å². The number of hydrogen-bond donors (Lipinski definition) is 0. The molecule has 0 N–H and O–H groups in total. The Kier molecular flexibility index (Phi) is 10.9. The maximum Gasteiger partial charge on any atom is 0.216 e. The van der Waals surface area contributed by atoms with Crippen molar-refractivity contribution in [1.82, 2.24) is 0 Å². The van der Waals surface area contributed by atoms with E-state index in [1.54, 1.807) is 14.2 Å². The Hall–Kier alpha value is -5.90. The van der Waals surface area contributed by atoms with Gasteiger partial charge in [0.05, 0.1) is 14.2 Å². The second-order valence-electron chi connectivity index (χ2n) is 29.2. The molecule has 11 rings (SSSR count). The number of hydrogen-bond acceptors (Lipinski definition) is 10. The molecule has 0 radical (unpaired) electrons. The fraction of sp³-hybridized carbons (Fsp3) is 0.545. The highest BCUT2D eigenvalue weighted by molar-refractivity contribution is 6.07. The standard InChI is InChI=1S/C66H80O10/c1-57(2,3)41-27-35-25-39-33-65(61(13,14)15)56(72-52-46(73-65)24-22-44(50(52)70-20)60(10,11)12)64(53(39)67)32-38-30-42(58(4,5)6)28-36(48(38)76-64)26-40-34-66(62(16,17)18)55(63(54(40)68)31-37(29-41)47(35)75-63)71-51-45(74-66)23-21-43(49(51)69-19)59(7,8)9/h21-24,27-30,33-34,55-56H,25-26,31-32H2,1-20H3/t55?,56?,63-,64+,65?,66?. The molecule has 4 aromatic rings. The molecule has 76 heavy (non-hydrogen) atoms. The molecule has 5 heterocycles. The Labute approximate surface area is 451 Å². The smallest absolute Gasteiger partial charge is 0.216 e. The quantitative estimate of drug-likeness (QED) is 0.193. The van der Waals surface area contributed by atoms with Gasteiger partial charge in [0, 0.05) is 58.8 Å². The summed E-state index contributed by atoms with van der Waals surface area (Å²) >= 11 is 0. The van der Waals surface area contributed by atoms with Crippen LogP contribution in [-0.4, -0.2) is 60.4 Å². The van der Waals surface area contributed by atoms with Crippen LogP contribution in [-0.2, 0) is 56.9 Å². The van der Waals surface area contributed by atoms with Gasteiger partial charge >= 0.3 is 0 Å².